The van der Waals surface area contributed by atoms with Gasteiger partial charge in [-0.25, -0.2) is 9.78 Å². The molecule has 2 aliphatic rings. The lowest BCUT2D eigenvalue weighted by Gasteiger charge is -2.39. The number of pyridine rings is 1. The fourth-order valence-electron chi connectivity index (χ4n) is 4.42. The molecular weight excluding hydrogens is 496 g/mol. The van der Waals surface area contributed by atoms with Gasteiger partial charge in [-0.3, -0.25) is 4.79 Å². The zero-order chi connectivity index (χ0) is 26.8. The van der Waals surface area contributed by atoms with Gasteiger partial charge in [-0.15, -0.1) is 0 Å². The highest BCUT2D eigenvalue weighted by Crippen LogP contribution is 2.27. The highest BCUT2D eigenvalue weighted by atomic mass is 19.4. The van der Waals surface area contributed by atoms with Gasteiger partial charge >= 0.3 is 12.1 Å². The third-order valence-electron chi connectivity index (χ3n) is 6.40. The van der Waals surface area contributed by atoms with Gasteiger partial charge in [0.2, 0.25) is 5.95 Å². The Kier molecular flexibility index (Phi) is 10.4. The molecule has 37 heavy (non-hydrogen) atoms. The van der Waals surface area contributed by atoms with Crippen LogP contribution in [0.15, 0.2) is 48.7 Å². The number of hydrogen-bond donors (Lipinski definition) is 1. The first-order valence-electron chi connectivity index (χ1n) is 12.1. The summed E-state index contributed by atoms with van der Waals surface area (Å²) in [5.41, 5.74) is 1.59. The minimum Gasteiger partial charge on any atom is -0.475 e. The van der Waals surface area contributed by atoms with Crippen molar-refractivity contribution in [3.05, 3.63) is 65.7 Å². The van der Waals surface area contributed by atoms with E-state index < -0.39 is 18.1 Å². The van der Waals surface area contributed by atoms with Gasteiger partial charge in [0.1, 0.15) is 0 Å². The molecule has 0 saturated carbocycles. The van der Waals surface area contributed by atoms with Crippen molar-refractivity contribution in [2.24, 2.45) is 11.8 Å². The van der Waals surface area contributed by atoms with E-state index in [1.165, 1.54) is 17.8 Å². The van der Waals surface area contributed by atoms with Crippen molar-refractivity contribution >= 4 is 11.9 Å². The molecule has 2 saturated heterocycles. The van der Waals surface area contributed by atoms with E-state index in [-0.39, 0.29) is 17.9 Å². The Morgan fingerprint density at radius 2 is 1.78 bits per heavy atom. The van der Waals surface area contributed by atoms with Gasteiger partial charge in [0, 0.05) is 56.7 Å². The fourth-order valence-corrected chi connectivity index (χ4v) is 4.42. The SMILES string of the molecule is O=C(O)C(F)(F)F.O=C(c1ccnc(F)c1)N1CC[C@@H](OCC2CCOCC2)[C@H](Cc2ccccc2)C1. The van der Waals surface area contributed by atoms with E-state index in [4.69, 9.17) is 19.4 Å². The maximum atomic E-state index is 13.5. The second-order valence-electron chi connectivity index (χ2n) is 9.09. The number of nitrogens with zero attached hydrogens (tertiary/aromatic N) is 2. The Bertz CT molecular complexity index is 1020. The molecule has 0 radical (unpaired) electrons. The molecule has 11 heteroatoms. The molecule has 0 bridgehead atoms. The minimum atomic E-state index is -5.08. The number of carboxylic acid groups (broad SMARTS) is 1. The molecule has 202 valence electrons. The molecule has 2 atom stereocenters. The van der Waals surface area contributed by atoms with Gasteiger partial charge in [0.15, 0.2) is 0 Å². The number of rotatable bonds is 6. The van der Waals surface area contributed by atoms with Crippen molar-refractivity contribution in [2.75, 3.05) is 32.9 Å². The molecule has 0 unspecified atom stereocenters. The molecule has 0 aliphatic carbocycles. The number of benzene rings is 1. The molecule has 1 N–H and O–H groups in total. The van der Waals surface area contributed by atoms with Crippen molar-refractivity contribution in [3.8, 4) is 0 Å². The quantitative estimate of drug-likeness (QED) is 0.444. The Morgan fingerprint density at radius 3 is 2.41 bits per heavy atom. The van der Waals surface area contributed by atoms with E-state index in [0.717, 1.165) is 45.5 Å². The second-order valence-corrected chi connectivity index (χ2v) is 9.09. The first kappa shape index (κ1) is 28.5. The number of piperidine rings is 1. The molecule has 7 nitrogen and oxygen atoms in total. The topological polar surface area (TPSA) is 89.0 Å². The van der Waals surface area contributed by atoms with Crippen molar-refractivity contribution in [3.63, 3.8) is 0 Å². The number of carbonyl (C=O) groups is 2. The van der Waals surface area contributed by atoms with E-state index >= 15 is 0 Å². The molecule has 3 heterocycles. The van der Waals surface area contributed by atoms with Crippen molar-refractivity contribution in [1.29, 1.82) is 0 Å². The lowest BCUT2D eigenvalue weighted by Crippen LogP contribution is -2.48. The van der Waals surface area contributed by atoms with Crippen LogP contribution in [0.5, 0.6) is 0 Å². The highest BCUT2D eigenvalue weighted by molar-refractivity contribution is 5.94. The maximum Gasteiger partial charge on any atom is 0.490 e. The van der Waals surface area contributed by atoms with E-state index in [9.17, 15) is 22.4 Å². The van der Waals surface area contributed by atoms with Crippen LogP contribution in [0.1, 0.15) is 35.2 Å². The number of carbonyl (C=O) groups excluding carboxylic acids is 1. The first-order valence-corrected chi connectivity index (χ1v) is 12.1. The summed E-state index contributed by atoms with van der Waals surface area (Å²) in [6.45, 7) is 3.61. The summed E-state index contributed by atoms with van der Waals surface area (Å²) in [6.07, 6.45) is 0.121. The van der Waals surface area contributed by atoms with Crippen molar-refractivity contribution < 1.29 is 41.7 Å². The number of carboxylic acids is 1. The van der Waals surface area contributed by atoms with Crippen molar-refractivity contribution in [2.45, 2.75) is 38.0 Å². The summed E-state index contributed by atoms with van der Waals surface area (Å²) in [4.78, 5) is 27.2. The monoisotopic (exact) mass is 526 g/mol. The summed E-state index contributed by atoms with van der Waals surface area (Å²) in [5, 5.41) is 7.12. The second kappa shape index (κ2) is 13.5. The van der Waals surface area contributed by atoms with Crippen LogP contribution in [0.4, 0.5) is 17.6 Å². The molecule has 2 fully saturated rings. The number of likely N-dealkylation sites (tertiary alicyclic amines) is 1. The van der Waals surface area contributed by atoms with Gasteiger partial charge in [-0.05, 0) is 43.2 Å². The number of hydrogen-bond acceptors (Lipinski definition) is 5. The van der Waals surface area contributed by atoms with Crippen LogP contribution in [0.3, 0.4) is 0 Å². The molecule has 2 aromatic rings. The summed E-state index contributed by atoms with van der Waals surface area (Å²) >= 11 is 0. The predicted molar refractivity (Wildman–Crippen MR) is 125 cm³/mol. The van der Waals surface area contributed by atoms with Crippen LogP contribution < -0.4 is 0 Å². The summed E-state index contributed by atoms with van der Waals surface area (Å²) < 4.78 is 57.1. The van der Waals surface area contributed by atoms with Crippen LogP contribution in [-0.4, -0.2) is 72.1 Å². The lowest BCUT2D eigenvalue weighted by atomic mass is 9.88. The average Bonchev–Trinajstić information content (AvgIpc) is 2.88. The lowest BCUT2D eigenvalue weighted by molar-refractivity contribution is -0.192. The predicted octanol–water partition coefficient (Wildman–Crippen LogP) is 4.37. The van der Waals surface area contributed by atoms with Crippen LogP contribution in [0, 0.1) is 17.8 Å². The van der Waals surface area contributed by atoms with Crippen LogP contribution in [0.25, 0.3) is 0 Å². The summed E-state index contributed by atoms with van der Waals surface area (Å²) in [5.74, 6) is -2.77. The molecule has 0 spiro atoms. The Labute approximate surface area is 212 Å². The summed E-state index contributed by atoms with van der Waals surface area (Å²) in [6, 6.07) is 13.1. The maximum absolute atomic E-state index is 13.5. The zero-order valence-corrected chi connectivity index (χ0v) is 20.2. The number of aliphatic carboxylic acids is 1. The van der Waals surface area contributed by atoms with Crippen molar-refractivity contribution in [1.82, 2.24) is 9.88 Å². The number of alkyl halides is 3. The Morgan fingerprint density at radius 1 is 1.11 bits per heavy atom. The standard InChI is InChI=1S/C24H29FN2O3.C2HF3O2/c25-23-15-20(6-10-26-23)24(28)27-11-7-22(30-17-19-8-12-29-13-9-19)21(16-27)14-18-4-2-1-3-5-18;3-2(4,5)1(6)7/h1-6,10,15,19,21-22H,7-9,11-14,16-17H2;(H,6,7)/t21-,22-;/m1./s1. The van der Waals surface area contributed by atoms with Gasteiger partial charge in [0.25, 0.3) is 5.91 Å². The molecule has 1 aromatic heterocycles. The van der Waals surface area contributed by atoms with Crippen LogP contribution in [0.2, 0.25) is 0 Å². The fraction of sp³-hybridized carbons (Fsp3) is 0.500. The molecule has 1 aromatic carbocycles. The zero-order valence-electron chi connectivity index (χ0n) is 20.2. The number of amides is 1. The molecular formula is C26H30F4N2O5. The number of halogens is 4. The summed E-state index contributed by atoms with van der Waals surface area (Å²) in [7, 11) is 0. The van der Waals surface area contributed by atoms with E-state index in [2.05, 4.69) is 17.1 Å². The highest BCUT2D eigenvalue weighted by Gasteiger charge is 2.38. The number of aromatic nitrogens is 1. The van der Waals surface area contributed by atoms with E-state index in [1.54, 1.807) is 6.07 Å². The average molecular weight is 527 g/mol. The molecule has 1 amide bonds. The molecule has 4 rings (SSSR count). The van der Waals surface area contributed by atoms with Gasteiger partial charge < -0.3 is 19.5 Å². The third-order valence-corrected chi connectivity index (χ3v) is 6.40. The van der Waals surface area contributed by atoms with E-state index in [1.807, 2.05) is 23.1 Å². The van der Waals surface area contributed by atoms with E-state index in [0.29, 0.717) is 24.6 Å². The smallest absolute Gasteiger partial charge is 0.475 e. The van der Waals surface area contributed by atoms with Crippen LogP contribution in [-0.2, 0) is 20.7 Å². The minimum absolute atomic E-state index is 0.117. The van der Waals surface area contributed by atoms with Gasteiger partial charge in [-0.1, -0.05) is 30.3 Å². The van der Waals surface area contributed by atoms with Gasteiger partial charge in [-0.2, -0.15) is 17.6 Å². The number of ether oxygens (including phenoxy) is 2. The molecule has 2 aliphatic heterocycles. The first-order chi connectivity index (χ1) is 17.6. The van der Waals surface area contributed by atoms with Gasteiger partial charge in [0.05, 0.1) is 6.10 Å². The third kappa shape index (κ3) is 9.08. The Hall–Kier alpha value is -3.05. The van der Waals surface area contributed by atoms with Crippen LogP contribution >= 0.6 is 0 Å². The largest absolute Gasteiger partial charge is 0.490 e. The Balaban J connectivity index is 0.000000479. The normalized spacial score (nSPS) is 20.6.